The molecule has 98 valence electrons. The summed E-state index contributed by atoms with van der Waals surface area (Å²) in [7, 11) is 0. The quantitative estimate of drug-likeness (QED) is 0.876. The predicted molar refractivity (Wildman–Crippen MR) is 74.7 cm³/mol. The molecule has 0 saturated carbocycles. The van der Waals surface area contributed by atoms with Crippen molar-refractivity contribution in [1.82, 2.24) is 9.78 Å². The van der Waals surface area contributed by atoms with Crippen molar-refractivity contribution in [1.29, 1.82) is 0 Å². The molecule has 5 heteroatoms. The molecule has 0 unspecified atom stereocenters. The van der Waals surface area contributed by atoms with Gasteiger partial charge in [0.05, 0.1) is 16.4 Å². The number of rotatable bonds is 3. The minimum Gasteiger partial charge on any atom is -0.478 e. The van der Waals surface area contributed by atoms with Crippen LogP contribution < -0.4 is 0 Å². The molecule has 1 N–H and O–H groups in total. The van der Waals surface area contributed by atoms with Gasteiger partial charge in [0.1, 0.15) is 0 Å². The number of hydrogen-bond donors (Lipinski definition) is 1. The maximum absolute atomic E-state index is 10.6. The van der Waals surface area contributed by atoms with E-state index in [0.29, 0.717) is 16.3 Å². The van der Waals surface area contributed by atoms with Crippen LogP contribution in [0.3, 0.4) is 0 Å². The van der Waals surface area contributed by atoms with E-state index in [9.17, 15) is 4.79 Å². The summed E-state index contributed by atoms with van der Waals surface area (Å²) < 4.78 is 1.72. The average Bonchev–Trinajstić information content (AvgIpc) is 2.65. The molecular formula is C14H13ClN2O2. The van der Waals surface area contributed by atoms with Crippen LogP contribution in [0.5, 0.6) is 0 Å². The topological polar surface area (TPSA) is 55.1 Å². The Morgan fingerprint density at radius 3 is 2.74 bits per heavy atom. The largest absolute Gasteiger partial charge is 0.478 e. The van der Waals surface area contributed by atoms with Gasteiger partial charge in [-0.1, -0.05) is 23.7 Å². The van der Waals surface area contributed by atoms with Gasteiger partial charge in [0.25, 0.3) is 0 Å². The van der Waals surface area contributed by atoms with Crippen LogP contribution in [-0.2, 0) is 4.79 Å². The Kier molecular flexibility index (Phi) is 3.71. The van der Waals surface area contributed by atoms with Crippen LogP contribution in [0.2, 0.25) is 5.02 Å². The normalized spacial score (nSPS) is 11.1. The summed E-state index contributed by atoms with van der Waals surface area (Å²) in [6.07, 6.45) is 2.60. The van der Waals surface area contributed by atoms with E-state index in [-0.39, 0.29) is 0 Å². The van der Waals surface area contributed by atoms with E-state index in [1.165, 1.54) is 6.08 Å². The second-order valence-electron chi connectivity index (χ2n) is 4.19. The Morgan fingerprint density at radius 1 is 1.42 bits per heavy atom. The zero-order valence-electron chi connectivity index (χ0n) is 10.6. The summed E-state index contributed by atoms with van der Waals surface area (Å²) in [5.41, 5.74) is 3.22. The second-order valence-corrected chi connectivity index (χ2v) is 4.60. The highest BCUT2D eigenvalue weighted by atomic mass is 35.5. The van der Waals surface area contributed by atoms with Gasteiger partial charge in [-0.2, -0.15) is 5.10 Å². The first kappa shape index (κ1) is 13.4. The van der Waals surface area contributed by atoms with E-state index < -0.39 is 5.97 Å². The molecule has 1 aromatic carbocycles. The number of hydrogen-bond acceptors (Lipinski definition) is 2. The standard InChI is InChI=1S/C14H13ClN2O2/c1-9-8-10(2)17(16-9)14-11(6-7-13(18)19)4-3-5-12(14)15/h3-8H,1-2H3,(H,18,19)/b7-6+. The Labute approximate surface area is 115 Å². The molecule has 4 nitrogen and oxygen atoms in total. The number of carboxylic acids is 1. The SMILES string of the molecule is Cc1cc(C)n(-c2c(Cl)cccc2/C=C/C(=O)O)n1. The highest BCUT2D eigenvalue weighted by Gasteiger charge is 2.11. The monoisotopic (exact) mass is 276 g/mol. The third-order valence-corrected chi connectivity index (χ3v) is 2.95. The smallest absolute Gasteiger partial charge is 0.328 e. The van der Waals surface area contributed by atoms with Crippen LogP contribution in [0.4, 0.5) is 0 Å². The lowest BCUT2D eigenvalue weighted by Crippen LogP contribution is -2.02. The highest BCUT2D eigenvalue weighted by Crippen LogP contribution is 2.26. The highest BCUT2D eigenvalue weighted by molar-refractivity contribution is 6.32. The van der Waals surface area contributed by atoms with E-state index in [1.54, 1.807) is 22.9 Å². The molecule has 0 atom stereocenters. The number of aliphatic carboxylic acids is 1. The van der Waals surface area contributed by atoms with Gasteiger partial charge in [0.2, 0.25) is 0 Å². The van der Waals surface area contributed by atoms with Crippen LogP contribution in [0.1, 0.15) is 17.0 Å². The number of carbonyl (C=O) groups is 1. The van der Waals surface area contributed by atoms with Crippen LogP contribution in [-0.4, -0.2) is 20.9 Å². The van der Waals surface area contributed by atoms with Crippen LogP contribution in [0.25, 0.3) is 11.8 Å². The second kappa shape index (κ2) is 5.28. The van der Waals surface area contributed by atoms with Gasteiger partial charge in [0.15, 0.2) is 0 Å². The lowest BCUT2D eigenvalue weighted by molar-refractivity contribution is -0.131. The molecule has 0 amide bonds. The Bertz CT molecular complexity index is 659. The number of halogens is 1. The molecule has 2 aromatic rings. The van der Waals surface area contributed by atoms with Gasteiger partial charge >= 0.3 is 5.97 Å². The lowest BCUT2D eigenvalue weighted by Gasteiger charge is -2.10. The van der Waals surface area contributed by atoms with E-state index in [4.69, 9.17) is 16.7 Å². The first-order chi connectivity index (χ1) is 8.99. The van der Waals surface area contributed by atoms with Gasteiger partial charge in [-0.05, 0) is 32.1 Å². The number of aryl methyl sites for hydroxylation is 2. The van der Waals surface area contributed by atoms with Crippen molar-refractivity contribution in [2.24, 2.45) is 0 Å². The number of carboxylic acid groups (broad SMARTS) is 1. The molecule has 0 radical (unpaired) electrons. The Hall–Kier alpha value is -2.07. The zero-order valence-corrected chi connectivity index (χ0v) is 11.3. The first-order valence-electron chi connectivity index (χ1n) is 5.72. The molecule has 0 aliphatic rings. The molecule has 0 aliphatic heterocycles. The summed E-state index contributed by atoms with van der Waals surface area (Å²) >= 11 is 6.22. The van der Waals surface area contributed by atoms with Crippen molar-refractivity contribution >= 4 is 23.6 Å². The summed E-state index contributed by atoms with van der Waals surface area (Å²) in [6, 6.07) is 7.27. The third-order valence-electron chi connectivity index (χ3n) is 2.64. The average molecular weight is 277 g/mol. The number of nitrogens with zero attached hydrogens (tertiary/aromatic N) is 2. The van der Waals surface area contributed by atoms with Crippen molar-refractivity contribution < 1.29 is 9.90 Å². The fourth-order valence-corrected chi connectivity index (χ4v) is 2.17. The minimum absolute atomic E-state index is 0.527. The summed E-state index contributed by atoms with van der Waals surface area (Å²) in [5.74, 6) is -1.00. The van der Waals surface area contributed by atoms with Crippen molar-refractivity contribution in [2.45, 2.75) is 13.8 Å². The van der Waals surface area contributed by atoms with Gasteiger partial charge < -0.3 is 5.11 Å². The van der Waals surface area contributed by atoms with Gasteiger partial charge in [-0.25, -0.2) is 9.48 Å². The van der Waals surface area contributed by atoms with E-state index in [0.717, 1.165) is 17.5 Å². The molecule has 0 saturated heterocycles. The molecule has 1 heterocycles. The fourth-order valence-electron chi connectivity index (χ4n) is 1.91. The lowest BCUT2D eigenvalue weighted by atomic mass is 10.1. The van der Waals surface area contributed by atoms with Crippen molar-refractivity contribution in [3.05, 3.63) is 52.3 Å². The van der Waals surface area contributed by atoms with Crippen LogP contribution >= 0.6 is 11.6 Å². The molecule has 1 aromatic heterocycles. The first-order valence-corrected chi connectivity index (χ1v) is 6.10. The van der Waals surface area contributed by atoms with Gasteiger partial charge in [-0.15, -0.1) is 0 Å². The Morgan fingerprint density at radius 2 is 2.16 bits per heavy atom. The maximum Gasteiger partial charge on any atom is 0.328 e. The predicted octanol–water partition coefficient (Wildman–Crippen LogP) is 3.24. The molecule has 0 fully saturated rings. The number of benzene rings is 1. The van der Waals surface area contributed by atoms with Crippen molar-refractivity contribution in [3.63, 3.8) is 0 Å². The summed E-state index contributed by atoms with van der Waals surface area (Å²) in [4.78, 5) is 10.6. The van der Waals surface area contributed by atoms with Crippen molar-refractivity contribution in [2.75, 3.05) is 0 Å². The van der Waals surface area contributed by atoms with Gasteiger partial charge in [-0.3, -0.25) is 0 Å². The minimum atomic E-state index is -1.00. The van der Waals surface area contributed by atoms with E-state index in [1.807, 2.05) is 19.9 Å². The fraction of sp³-hybridized carbons (Fsp3) is 0.143. The van der Waals surface area contributed by atoms with Gasteiger partial charge in [0, 0.05) is 17.3 Å². The molecule has 0 aliphatic carbocycles. The number of para-hydroxylation sites is 1. The molecule has 2 rings (SSSR count). The van der Waals surface area contributed by atoms with E-state index in [2.05, 4.69) is 5.10 Å². The molecule has 19 heavy (non-hydrogen) atoms. The van der Waals surface area contributed by atoms with Crippen LogP contribution in [0, 0.1) is 13.8 Å². The zero-order chi connectivity index (χ0) is 14.0. The van der Waals surface area contributed by atoms with Crippen LogP contribution in [0.15, 0.2) is 30.3 Å². The molecular weight excluding hydrogens is 264 g/mol. The number of aromatic nitrogens is 2. The molecule has 0 bridgehead atoms. The Balaban J connectivity index is 2.61. The van der Waals surface area contributed by atoms with E-state index >= 15 is 0 Å². The summed E-state index contributed by atoms with van der Waals surface area (Å²) in [5, 5.41) is 13.6. The maximum atomic E-state index is 10.6. The summed E-state index contributed by atoms with van der Waals surface area (Å²) in [6.45, 7) is 3.82. The third kappa shape index (κ3) is 2.85. The van der Waals surface area contributed by atoms with Crippen molar-refractivity contribution in [3.8, 4) is 5.69 Å². The molecule has 0 spiro atoms.